The van der Waals surface area contributed by atoms with E-state index in [9.17, 15) is 0 Å². The highest BCUT2D eigenvalue weighted by Crippen LogP contribution is 2.23. The number of hydrogen-bond donors (Lipinski definition) is 0. The van der Waals surface area contributed by atoms with Gasteiger partial charge in [-0.25, -0.2) is 19.9 Å². The average molecular weight is 340 g/mol. The van der Waals surface area contributed by atoms with Crippen molar-refractivity contribution in [2.24, 2.45) is 0 Å². The number of aryl methyl sites for hydroxylation is 1. The predicted molar refractivity (Wildman–Crippen MR) is 101 cm³/mol. The van der Waals surface area contributed by atoms with Crippen molar-refractivity contribution in [3.8, 4) is 0 Å². The summed E-state index contributed by atoms with van der Waals surface area (Å²) in [4.78, 5) is 23.0. The molecule has 1 aliphatic heterocycles. The lowest BCUT2D eigenvalue weighted by atomic mass is 10.1. The zero-order valence-electron chi connectivity index (χ0n) is 15.9. The van der Waals surface area contributed by atoms with E-state index in [1.54, 1.807) is 0 Å². The second-order valence-electron chi connectivity index (χ2n) is 7.25. The van der Waals surface area contributed by atoms with Gasteiger partial charge >= 0.3 is 0 Å². The maximum Gasteiger partial charge on any atom is 0.133 e. The largest absolute Gasteiger partial charge is 0.353 e. The molecule has 3 rings (SSSR count). The second-order valence-corrected chi connectivity index (χ2v) is 7.25. The number of hydrogen-bond acceptors (Lipinski definition) is 6. The van der Waals surface area contributed by atoms with Crippen LogP contribution in [0, 0.1) is 6.92 Å². The van der Waals surface area contributed by atoms with Gasteiger partial charge in [0.2, 0.25) is 0 Å². The van der Waals surface area contributed by atoms with Gasteiger partial charge < -0.3 is 9.80 Å². The van der Waals surface area contributed by atoms with E-state index in [0.29, 0.717) is 11.8 Å². The Morgan fingerprint density at radius 1 is 0.840 bits per heavy atom. The average Bonchev–Trinajstić information content (AvgIpc) is 2.61. The summed E-state index contributed by atoms with van der Waals surface area (Å²) < 4.78 is 0. The molecule has 1 saturated heterocycles. The summed E-state index contributed by atoms with van der Waals surface area (Å²) >= 11 is 0. The van der Waals surface area contributed by atoms with E-state index in [4.69, 9.17) is 9.97 Å². The second kappa shape index (κ2) is 7.33. The first kappa shape index (κ1) is 17.6. The molecule has 1 aliphatic rings. The van der Waals surface area contributed by atoms with E-state index in [-0.39, 0.29) is 0 Å². The molecule has 0 N–H and O–H groups in total. The molecule has 3 heterocycles. The van der Waals surface area contributed by atoms with E-state index in [2.05, 4.69) is 53.5 Å². The van der Waals surface area contributed by atoms with Gasteiger partial charge in [-0.1, -0.05) is 27.7 Å². The van der Waals surface area contributed by atoms with Gasteiger partial charge in [0, 0.05) is 50.1 Å². The lowest BCUT2D eigenvalue weighted by Gasteiger charge is -2.36. The van der Waals surface area contributed by atoms with Crippen LogP contribution in [-0.4, -0.2) is 46.1 Å². The van der Waals surface area contributed by atoms with Crippen LogP contribution in [0.3, 0.4) is 0 Å². The summed E-state index contributed by atoms with van der Waals surface area (Å²) in [5.74, 6) is 4.57. The lowest BCUT2D eigenvalue weighted by Crippen LogP contribution is -2.47. The van der Waals surface area contributed by atoms with Crippen LogP contribution in [0.25, 0.3) is 0 Å². The van der Waals surface area contributed by atoms with Gasteiger partial charge in [-0.05, 0) is 18.9 Å². The highest BCUT2D eigenvalue weighted by atomic mass is 15.3. The van der Waals surface area contributed by atoms with Crippen molar-refractivity contribution in [3.63, 3.8) is 0 Å². The van der Waals surface area contributed by atoms with E-state index >= 15 is 0 Å². The molecule has 0 bridgehead atoms. The number of aromatic nitrogens is 4. The first-order valence-electron chi connectivity index (χ1n) is 9.12. The van der Waals surface area contributed by atoms with Crippen molar-refractivity contribution >= 4 is 11.6 Å². The Labute approximate surface area is 150 Å². The maximum atomic E-state index is 4.82. The summed E-state index contributed by atoms with van der Waals surface area (Å²) in [5.41, 5.74) is 1.13. The summed E-state index contributed by atoms with van der Waals surface area (Å²) in [6.07, 6.45) is 1.83. The van der Waals surface area contributed by atoms with E-state index in [0.717, 1.165) is 55.2 Å². The topological polar surface area (TPSA) is 58.0 Å². The zero-order chi connectivity index (χ0) is 18.0. The SMILES string of the molecule is Cc1nccc(N2CCN(c3cc(C(C)C)nc(C(C)C)n3)CC2)n1. The summed E-state index contributed by atoms with van der Waals surface area (Å²) in [5, 5.41) is 0. The van der Waals surface area contributed by atoms with E-state index in [1.165, 1.54) is 0 Å². The molecule has 25 heavy (non-hydrogen) atoms. The van der Waals surface area contributed by atoms with Crippen LogP contribution < -0.4 is 9.80 Å². The molecular weight excluding hydrogens is 312 g/mol. The fraction of sp³-hybridized carbons (Fsp3) is 0.579. The highest BCUT2D eigenvalue weighted by molar-refractivity contribution is 5.45. The summed E-state index contributed by atoms with van der Waals surface area (Å²) in [7, 11) is 0. The monoisotopic (exact) mass is 340 g/mol. The first-order chi connectivity index (χ1) is 11.9. The van der Waals surface area contributed by atoms with Crippen LogP contribution in [-0.2, 0) is 0 Å². The highest BCUT2D eigenvalue weighted by Gasteiger charge is 2.21. The Bertz CT molecular complexity index is 693. The van der Waals surface area contributed by atoms with Gasteiger partial charge in [0.25, 0.3) is 0 Å². The van der Waals surface area contributed by atoms with Crippen LogP contribution in [0.4, 0.5) is 11.6 Å². The first-order valence-corrected chi connectivity index (χ1v) is 9.12. The third-order valence-corrected chi connectivity index (χ3v) is 4.55. The molecule has 0 atom stereocenters. The van der Waals surface area contributed by atoms with Crippen LogP contribution in [0.5, 0.6) is 0 Å². The molecule has 2 aromatic heterocycles. The molecule has 0 saturated carbocycles. The number of anilines is 2. The molecule has 0 spiro atoms. The molecule has 0 unspecified atom stereocenters. The molecule has 134 valence electrons. The predicted octanol–water partition coefficient (Wildman–Crippen LogP) is 3.15. The van der Waals surface area contributed by atoms with Gasteiger partial charge in [-0.2, -0.15) is 0 Å². The van der Waals surface area contributed by atoms with Gasteiger partial charge in [0.15, 0.2) is 0 Å². The van der Waals surface area contributed by atoms with Crippen LogP contribution >= 0.6 is 0 Å². The fourth-order valence-corrected chi connectivity index (χ4v) is 2.97. The Kier molecular flexibility index (Phi) is 5.16. The molecule has 0 aromatic carbocycles. The van der Waals surface area contributed by atoms with Gasteiger partial charge in [0.05, 0.1) is 0 Å². The van der Waals surface area contributed by atoms with Crippen molar-refractivity contribution in [2.45, 2.75) is 46.5 Å². The Balaban J connectivity index is 1.76. The van der Waals surface area contributed by atoms with Crippen molar-refractivity contribution in [3.05, 3.63) is 35.7 Å². The van der Waals surface area contributed by atoms with Crippen molar-refractivity contribution in [1.29, 1.82) is 0 Å². The van der Waals surface area contributed by atoms with Crippen LogP contribution in [0.15, 0.2) is 18.3 Å². The standard InChI is InChI=1S/C19H28N6/c1-13(2)16-12-18(23-19(22-16)14(3)4)25-10-8-24(9-11-25)17-6-7-20-15(5)21-17/h6-7,12-14H,8-11H2,1-5H3. The van der Waals surface area contributed by atoms with Crippen LogP contribution in [0.2, 0.25) is 0 Å². The molecule has 2 aromatic rings. The minimum absolute atomic E-state index is 0.336. The molecule has 6 nitrogen and oxygen atoms in total. The van der Waals surface area contributed by atoms with Crippen LogP contribution in [0.1, 0.15) is 56.9 Å². The smallest absolute Gasteiger partial charge is 0.133 e. The molecular formula is C19H28N6. The van der Waals surface area contributed by atoms with Crippen molar-refractivity contribution in [2.75, 3.05) is 36.0 Å². The Morgan fingerprint density at radius 2 is 1.48 bits per heavy atom. The van der Waals surface area contributed by atoms with Gasteiger partial charge in [0.1, 0.15) is 23.3 Å². The third kappa shape index (κ3) is 4.06. The third-order valence-electron chi connectivity index (χ3n) is 4.55. The molecule has 0 aliphatic carbocycles. The fourth-order valence-electron chi connectivity index (χ4n) is 2.97. The summed E-state index contributed by atoms with van der Waals surface area (Å²) in [6.45, 7) is 14.4. The minimum atomic E-state index is 0.336. The van der Waals surface area contributed by atoms with Gasteiger partial charge in [-0.15, -0.1) is 0 Å². The Hall–Kier alpha value is -2.24. The molecule has 1 fully saturated rings. The van der Waals surface area contributed by atoms with Crippen molar-refractivity contribution < 1.29 is 0 Å². The van der Waals surface area contributed by atoms with E-state index < -0.39 is 0 Å². The molecule has 0 radical (unpaired) electrons. The Morgan fingerprint density at radius 3 is 2.04 bits per heavy atom. The van der Waals surface area contributed by atoms with E-state index in [1.807, 2.05) is 19.2 Å². The number of rotatable bonds is 4. The zero-order valence-corrected chi connectivity index (χ0v) is 15.9. The lowest BCUT2D eigenvalue weighted by molar-refractivity contribution is 0.631. The number of piperazine rings is 1. The normalized spacial score (nSPS) is 15.3. The molecule has 6 heteroatoms. The summed E-state index contributed by atoms with van der Waals surface area (Å²) in [6, 6.07) is 4.14. The van der Waals surface area contributed by atoms with Gasteiger partial charge in [-0.3, -0.25) is 0 Å². The maximum absolute atomic E-state index is 4.82. The van der Waals surface area contributed by atoms with Crippen molar-refractivity contribution in [1.82, 2.24) is 19.9 Å². The quantitative estimate of drug-likeness (QED) is 0.852. The number of nitrogens with zero attached hydrogens (tertiary/aromatic N) is 6. The minimum Gasteiger partial charge on any atom is -0.353 e. The molecule has 0 amide bonds.